The molecular weight excluding hydrogens is 353 g/mol. The van der Waals surface area contributed by atoms with Crippen LogP contribution in [0.1, 0.15) is 26.3 Å². The number of rotatable bonds is 3. The van der Waals surface area contributed by atoms with Gasteiger partial charge >= 0.3 is 5.97 Å². The quantitative estimate of drug-likeness (QED) is 0.838. The number of hydrogen-bond donors (Lipinski definition) is 1. The summed E-state index contributed by atoms with van der Waals surface area (Å²) in [5, 5.41) is 2.60. The van der Waals surface area contributed by atoms with E-state index in [2.05, 4.69) is 26.0 Å². The van der Waals surface area contributed by atoms with Gasteiger partial charge in [-0.3, -0.25) is 4.79 Å². The number of hydrogen-bond acceptors (Lipinski definition) is 3. The third kappa shape index (κ3) is 3.33. The van der Waals surface area contributed by atoms with E-state index in [0.717, 1.165) is 0 Å². The van der Waals surface area contributed by atoms with Crippen LogP contribution >= 0.6 is 15.9 Å². The average molecular weight is 366 g/mol. The van der Waals surface area contributed by atoms with Crippen molar-refractivity contribution in [2.75, 3.05) is 12.4 Å². The van der Waals surface area contributed by atoms with Gasteiger partial charge in [-0.05, 0) is 42.8 Å². The van der Waals surface area contributed by atoms with Gasteiger partial charge in [0.1, 0.15) is 5.82 Å². The van der Waals surface area contributed by atoms with E-state index >= 15 is 0 Å². The molecule has 1 N–H and O–H groups in total. The van der Waals surface area contributed by atoms with Gasteiger partial charge in [0.25, 0.3) is 5.91 Å². The first-order valence-corrected chi connectivity index (χ1v) is 7.17. The minimum Gasteiger partial charge on any atom is -0.465 e. The van der Waals surface area contributed by atoms with Crippen LogP contribution in [0.5, 0.6) is 0 Å². The van der Waals surface area contributed by atoms with Crippen LogP contribution in [0.4, 0.5) is 10.1 Å². The maximum Gasteiger partial charge on any atom is 0.338 e. The normalized spacial score (nSPS) is 10.2. The zero-order valence-electron chi connectivity index (χ0n) is 11.9. The topological polar surface area (TPSA) is 55.4 Å². The second kappa shape index (κ2) is 6.70. The van der Waals surface area contributed by atoms with Gasteiger partial charge in [0.15, 0.2) is 0 Å². The number of carbonyl (C=O) groups excluding carboxylic acids is 2. The SMILES string of the molecule is COC(=O)c1cccc(NC(=O)c2ccc(Br)cc2F)c1C. The molecule has 0 aliphatic heterocycles. The lowest BCUT2D eigenvalue weighted by atomic mass is 10.1. The maximum absolute atomic E-state index is 13.8. The number of nitrogens with one attached hydrogen (secondary N) is 1. The van der Waals surface area contributed by atoms with Gasteiger partial charge in [0.2, 0.25) is 0 Å². The molecule has 0 saturated heterocycles. The molecule has 2 aromatic rings. The fraction of sp³-hybridized carbons (Fsp3) is 0.125. The molecule has 0 aliphatic carbocycles. The number of carbonyl (C=O) groups is 2. The van der Waals surface area contributed by atoms with Gasteiger partial charge < -0.3 is 10.1 Å². The molecule has 4 nitrogen and oxygen atoms in total. The Hall–Kier alpha value is -2.21. The summed E-state index contributed by atoms with van der Waals surface area (Å²) < 4.78 is 19.0. The molecule has 0 saturated carbocycles. The highest BCUT2D eigenvalue weighted by Gasteiger charge is 2.16. The third-order valence-electron chi connectivity index (χ3n) is 3.16. The predicted octanol–water partition coefficient (Wildman–Crippen LogP) is 3.94. The molecule has 0 bridgehead atoms. The van der Waals surface area contributed by atoms with Crippen LogP contribution in [0.3, 0.4) is 0 Å². The molecule has 2 rings (SSSR count). The summed E-state index contributed by atoms with van der Waals surface area (Å²) in [7, 11) is 1.28. The largest absolute Gasteiger partial charge is 0.465 e. The molecule has 0 fully saturated rings. The fourth-order valence-corrected chi connectivity index (χ4v) is 2.30. The van der Waals surface area contributed by atoms with Crippen LogP contribution in [0.25, 0.3) is 0 Å². The first-order valence-electron chi connectivity index (χ1n) is 6.38. The van der Waals surface area contributed by atoms with Crippen LogP contribution in [0.15, 0.2) is 40.9 Å². The van der Waals surface area contributed by atoms with Crippen molar-refractivity contribution >= 4 is 33.5 Å². The first kappa shape index (κ1) is 16.2. The Morgan fingerprint density at radius 2 is 1.91 bits per heavy atom. The number of esters is 1. The van der Waals surface area contributed by atoms with Crippen LogP contribution in [-0.4, -0.2) is 19.0 Å². The summed E-state index contributed by atoms with van der Waals surface area (Å²) in [6, 6.07) is 9.02. The minimum atomic E-state index is -0.631. The van der Waals surface area contributed by atoms with Gasteiger partial charge in [0, 0.05) is 10.2 Å². The van der Waals surface area contributed by atoms with Gasteiger partial charge in [-0.2, -0.15) is 0 Å². The molecular formula is C16H13BrFNO3. The summed E-state index contributed by atoms with van der Waals surface area (Å²) in [5.74, 6) is -1.72. The molecule has 0 aliphatic rings. The van der Waals surface area contributed by atoms with Crippen molar-refractivity contribution in [2.24, 2.45) is 0 Å². The fourth-order valence-electron chi connectivity index (χ4n) is 1.97. The van der Waals surface area contributed by atoms with Crippen molar-refractivity contribution in [1.29, 1.82) is 0 Å². The Labute approximate surface area is 135 Å². The van der Waals surface area contributed by atoms with E-state index in [9.17, 15) is 14.0 Å². The first-order chi connectivity index (χ1) is 10.4. The molecule has 0 atom stereocenters. The van der Waals surface area contributed by atoms with Crippen molar-refractivity contribution in [3.05, 3.63) is 63.4 Å². The van der Waals surface area contributed by atoms with Crippen molar-refractivity contribution in [1.82, 2.24) is 0 Å². The van der Waals surface area contributed by atoms with E-state index in [1.807, 2.05) is 0 Å². The highest BCUT2D eigenvalue weighted by Crippen LogP contribution is 2.22. The predicted molar refractivity (Wildman–Crippen MR) is 84.6 cm³/mol. The summed E-state index contributed by atoms with van der Waals surface area (Å²) in [6.07, 6.45) is 0. The van der Waals surface area contributed by atoms with Crippen LogP contribution < -0.4 is 5.32 Å². The van der Waals surface area contributed by atoms with Crippen LogP contribution in [-0.2, 0) is 4.74 Å². The maximum atomic E-state index is 13.8. The molecule has 1 amide bonds. The standard InChI is InChI=1S/C16H13BrFNO3/c1-9-11(16(21)22-2)4-3-5-14(9)19-15(20)12-7-6-10(17)8-13(12)18/h3-8H,1-2H3,(H,19,20). The summed E-state index contributed by atoms with van der Waals surface area (Å²) in [5.41, 5.74) is 1.25. The molecule has 2 aromatic carbocycles. The molecule has 0 heterocycles. The van der Waals surface area contributed by atoms with E-state index in [4.69, 9.17) is 0 Å². The molecule has 22 heavy (non-hydrogen) atoms. The Morgan fingerprint density at radius 3 is 2.55 bits per heavy atom. The zero-order chi connectivity index (χ0) is 16.3. The smallest absolute Gasteiger partial charge is 0.338 e. The molecule has 0 spiro atoms. The molecule has 0 unspecified atom stereocenters. The van der Waals surface area contributed by atoms with Gasteiger partial charge in [-0.15, -0.1) is 0 Å². The van der Waals surface area contributed by atoms with Gasteiger partial charge in [0.05, 0.1) is 18.2 Å². The highest BCUT2D eigenvalue weighted by atomic mass is 79.9. The Balaban J connectivity index is 2.31. The summed E-state index contributed by atoms with van der Waals surface area (Å²) in [4.78, 5) is 23.8. The summed E-state index contributed by atoms with van der Waals surface area (Å²) in [6.45, 7) is 1.68. The minimum absolute atomic E-state index is 0.0777. The molecule has 6 heteroatoms. The van der Waals surface area contributed by atoms with Gasteiger partial charge in [-0.25, -0.2) is 9.18 Å². The summed E-state index contributed by atoms with van der Waals surface area (Å²) >= 11 is 3.13. The van der Waals surface area contributed by atoms with E-state index in [1.54, 1.807) is 31.2 Å². The highest BCUT2D eigenvalue weighted by molar-refractivity contribution is 9.10. The second-order valence-corrected chi connectivity index (χ2v) is 5.46. The van der Waals surface area contributed by atoms with E-state index in [-0.39, 0.29) is 5.56 Å². The lowest BCUT2D eigenvalue weighted by molar-refractivity contribution is 0.0599. The van der Waals surface area contributed by atoms with Crippen LogP contribution in [0, 0.1) is 12.7 Å². The lowest BCUT2D eigenvalue weighted by Gasteiger charge is -2.11. The average Bonchev–Trinajstić information content (AvgIpc) is 2.48. The third-order valence-corrected chi connectivity index (χ3v) is 3.66. The monoisotopic (exact) mass is 365 g/mol. The number of benzene rings is 2. The number of anilines is 1. The van der Waals surface area contributed by atoms with E-state index < -0.39 is 17.7 Å². The van der Waals surface area contributed by atoms with Crippen LogP contribution in [0.2, 0.25) is 0 Å². The number of halogens is 2. The van der Waals surface area contributed by atoms with Crippen molar-refractivity contribution in [3.63, 3.8) is 0 Å². The van der Waals surface area contributed by atoms with Crippen molar-refractivity contribution < 1.29 is 18.7 Å². The Kier molecular flexibility index (Phi) is 4.92. The molecule has 114 valence electrons. The molecule has 0 aromatic heterocycles. The van der Waals surface area contributed by atoms with E-state index in [1.165, 1.54) is 19.2 Å². The van der Waals surface area contributed by atoms with Gasteiger partial charge in [-0.1, -0.05) is 22.0 Å². The second-order valence-electron chi connectivity index (χ2n) is 4.55. The molecule has 0 radical (unpaired) electrons. The number of amides is 1. The van der Waals surface area contributed by atoms with E-state index in [0.29, 0.717) is 21.3 Å². The van der Waals surface area contributed by atoms with Crippen molar-refractivity contribution in [2.45, 2.75) is 6.92 Å². The number of methoxy groups -OCH3 is 1. The van der Waals surface area contributed by atoms with Crippen molar-refractivity contribution in [3.8, 4) is 0 Å². The number of ether oxygens (including phenoxy) is 1. The lowest BCUT2D eigenvalue weighted by Crippen LogP contribution is -2.15. The Bertz CT molecular complexity index is 746. The zero-order valence-corrected chi connectivity index (χ0v) is 13.5. The Morgan fingerprint density at radius 1 is 1.18 bits per heavy atom.